The van der Waals surface area contributed by atoms with Crippen molar-refractivity contribution < 1.29 is 30.0 Å². The van der Waals surface area contributed by atoms with Gasteiger partial charge >= 0.3 is 6.18 Å². The number of anilines is 1. The molecule has 0 spiro atoms. The molecule has 0 fully saturated rings. The van der Waals surface area contributed by atoms with Crippen LogP contribution in [0.4, 0.5) is 18.9 Å². The number of alkyl halides is 3. The summed E-state index contributed by atoms with van der Waals surface area (Å²) < 4.78 is 86.9. The minimum atomic E-state index is -4.57. The fourth-order valence-corrected chi connectivity index (χ4v) is 3.54. The number of hydrogen-bond acceptors (Lipinski definition) is 4. The highest BCUT2D eigenvalue weighted by molar-refractivity contribution is 7.92. The Bertz CT molecular complexity index is 950. The quantitative estimate of drug-likeness (QED) is 0.886. The first-order valence-corrected chi connectivity index (χ1v) is 9.77. The highest BCUT2D eigenvalue weighted by Gasteiger charge is 2.30. The second-order valence-corrected chi connectivity index (χ2v) is 8.63. The van der Waals surface area contributed by atoms with Crippen LogP contribution in [0.15, 0.2) is 58.3 Å². The number of sulfone groups is 1. The molecule has 0 aliphatic heterocycles. The van der Waals surface area contributed by atoms with Gasteiger partial charge in [0.25, 0.3) is 10.0 Å². The molecule has 2 rings (SSSR count). The van der Waals surface area contributed by atoms with E-state index in [1.165, 1.54) is 18.2 Å². The highest BCUT2D eigenvalue weighted by Crippen LogP contribution is 2.30. The Morgan fingerprint density at radius 1 is 0.875 bits per heavy atom. The summed E-state index contributed by atoms with van der Waals surface area (Å²) in [6, 6.07) is 8.06. The number of benzene rings is 2. The smallest absolute Gasteiger partial charge is 0.280 e. The zero-order valence-corrected chi connectivity index (χ0v) is 13.8. The van der Waals surface area contributed by atoms with Crippen molar-refractivity contribution in [3.8, 4) is 0 Å². The third-order valence-corrected chi connectivity index (χ3v) is 5.51. The lowest BCUT2D eigenvalue weighted by Crippen LogP contribution is -2.14. The van der Waals surface area contributed by atoms with Gasteiger partial charge in [-0.3, -0.25) is 4.72 Å². The number of halogens is 3. The summed E-state index contributed by atoms with van der Waals surface area (Å²) in [5.41, 5.74) is -0.988. The molecule has 0 aliphatic carbocycles. The molecule has 0 aromatic heterocycles. The molecule has 0 amide bonds. The van der Waals surface area contributed by atoms with Crippen molar-refractivity contribution in [2.75, 3.05) is 11.0 Å². The number of rotatable bonds is 4. The van der Waals surface area contributed by atoms with E-state index >= 15 is 0 Å². The van der Waals surface area contributed by atoms with Gasteiger partial charge in [-0.2, -0.15) is 13.2 Å². The van der Waals surface area contributed by atoms with E-state index in [2.05, 4.69) is 4.72 Å². The predicted molar refractivity (Wildman–Crippen MR) is 81.8 cm³/mol. The first kappa shape index (κ1) is 18.3. The molecule has 0 atom stereocenters. The van der Waals surface area contributed by atoms with Gasteiger partial charge in [0.1, 0.15) is 0 Å². The second-order valence-electron chi connectivity index (χ2n) is 4.93. The summed E-state index contributed by atoms with van der Waals surface area (Å²) in [4.78, 5) is -0.463. The summed E-state index contributed by atoms with van der Waals surface area (Å²) >= 11 is 0. The van der Waals surface area contributed by atoms with Crippen molar-refractivity contribution in [2.45, 2.75) is 16.0 Å². The van der Waals surface area contributed by atoms with Gasteiger partial charge in [-0.1, -0.05) is 6.07 Å². The summed E-state index contributed by atoms with van der Waals surface area (Å²) in [7, 11) is -7.68. The van der Waals surface area contributed by atoms with Crippen LogP contribution in [-0.2, 0) is 26.0 Å². The van der Waals surface area contributed by atoms with Crippen molar-refractivity contribution in [1.29, 1.82) is 0 Å². The summed E-state index contributed by atoms with van der Waals surface area (Å²) in [5, 5.41) is 0. The standard InChI is InChI=1S/C14H12F3NO4S2/c1-23(19,20)13-4-2-3-11(9-13)18-24(21,22)12-7-5-10(6-8-12)14(15,16)17/h2-9,18H,1H3. The van der Waals surface area contributed by atoms with Crippen LogP contribution in [0.3, 0.4) is 0 Å². The number of nitrogens with one attached hydrogen (secondary N) is 1. The van der Waals surface area contributed by atoms with Gasteiger partial charge in [-0.05, 0) is 42.5 Å². The molecular formula is C14H12F3NO4S2. The van der Waals surface area contributed by atoms with Crippen molar-refractivity contribution >= 4 is 25.5 Å². The maximum absolute atomic E-state index is 12.5. The number of sulfonamides is 1. The maximum Gasteiger partial charge on any atom is 0.416 e. The van der Waals surface area contributed by atoms with Crippen LogP contribution in [0, 0.1) is 0 Å². The van der Waals surface area contributed by atoms with Gasteiger partial charge in [-0.25, -0.2) is 16.8 Å². The summed E-state index contributed by atoms with van der Waals surface area (Å²) in [6.45, 7) is 0. The summed E-state index contributed by atoms with van der Waals surface area (Å²) in [5.74, 6) is 0. The Kier molecular flexibility index (Phi) is 4.64. The third-order valence-electron chi connectivity index (χ3n) is 3.01. The van der Waals surface area contributed by atoms with Gasteiger partial charge in [0.05, 0.1) is 21.0 Å². The zero-order chi connectivity index (χ0) is 18.2. The lowest BCUT2D eigenvalue weighted by Gasteiger charge is -2.11. The number of hydrogen-bond donors (Lipinski definition) is 1. The Morgan fingerprint density at radius 2 is 1.46 bits per heavy atom. The van der Waals surface area contributed by atoms with E-state index in [1.807, 2.05) is 0 Å². The fraction of sp³-hybridized carbons (Fsp3) is 0.143. The Labute approximate surface area is 137 Å². The molecular weight excluding hydrogens is 367 g/mol. The molecule has 0 unspecified atom stereocenters. The maximum atomic E-state index is 12.5. The van der Waals surface area contributed by atoms with Crippen molar-refractivity contribution in [3.63, 3.8) is 0 Å². The molecule has 0 saturated carbocycles. The SMILES string of the molecule is CS(=O)(=O)c1cccc(NS(=O)(=O)c2ccc(C(F)(F)F)cc2)c1. The van der Waals surface area contributed by atoms with E-state index < -0.39 is 31.6 Å². The van der Waals surface area contributed by atoms with Gasteiger partial charge in [0, 0.05) is 6.26 Å². The van der Waals surface area contributed by atoms with E-state index in [0.717, 1.165) is 24.5 Å². The Balaban J connectivity index is 2.32. The van der Waals surface area contributed by atoms with Gasteiger partial charge in [0.2, 0.25) is 0 Å². The molecule has 5 nitrogen and oxygen atoms in total. The molecule has 130 valence electrons. The van der Waals surface area contributed by atoms with Crippen LogP contribution in [0.2, 0.25) is 0 Å². The average molecular weight is 379 g/mol. The molecule has 0 aliphatic rings. The van der Waals surface area contributed by atoms with Gasteiger partial charge < -0.3 is 0 Å². The van der Waals surface area contributed by atoms with E-state index in [9.17, 15) is 30.0 Å². The fourth-order valence-electron chi connectivity index (χ4n) is 1.83. The van der Waals surface area contributed by atoms with Crippen molar-refractivity contribution in [3.05, 3.63) is 54.1 Å². The topological polar surface area (TPSA) is 80.3 Å². The van der Waals surface area contributed by atoms with Gasteiger partial charge in [-0.15, -0.1) is 0 Å². The molecule has 10 heteroatoms. The lowest BCUT2D eigenvalue weighted by atomic mass is 10.2. The molecule has 2 aromatic carbocycles. The van der Waals surface area contributed by atoms with Crippen LogP contribution in [0.25, 0.3) is 0 Å². The van der Waals surface area contributed by atoms with Crippen LogP contribution in [-0.4, -0.2) is 23.1 Å². The van der Waals surface area contributed by atoms with E-state index in [-0.39, 0.29) is 15.5 Å². The molecule has 24 heavy (non-hydrogen) atoms. The highest BCUT2D eigenvalue weighted by atomic mass is 32.2. The average Bonchev–Trinajstić information content (AvgIpc) is 2.45. The monoisotopic (exact) mass is 379 g/mol. The molecule has 0 radical (unpaired) electrons. The van der Waals surface area contributed by atoms with E-state index in [4.69, 9.17) is 0 Å². The van der Waals surface area contributed by atoms with E-state index in [1.54, 1.807) is 0 Å². The van der Waals surface area contributed by atoms with Crippen LogP contribution in [0.1, 0.15) is 5.56 Å². The minimum Gasteiger partial charge on any atom is -0.280 e. The largest absolute Gasteiger partial charge is 0.416 e. The Morgan fingerprint density at radius 3 is 1.96 bits per heavy atom. The zero-order valence-electron chi connectivity index (χ0n) is 12.2. The molecule has 0 bridgehead atoms. The van der Waals surface area contributed by atoms with Crippen LogP contribution in [0.5, 0.6) is 0 Å². The van der Waals surface area contributed by atoms with Crippen molar-refractivity contribution in [2.24, 2.45) is 0 Å². The molecule has 1 N–H and O–H groups in total. The first-order valence-electron chi connectivity index (χ1n) is 6.40. The second kappa shape index (κ2) is 6.10. The lowest BCUT2D eigenvalue weighted by molar-refractivity contribution is -0.137. The Hall–Kier alpha value is -2.07. The first-order chi connectivity index (χ1) is 10.9. The van der Waals surface area contributed by atoms with Gasteiger partial charge in [0.15, 0.2) is 9.84 Å². The minimum absolute atomic E-state index is 0.0159. The molecule has 0 saturated heterocycles. The molecule has 0 heterocycles. The third kappa shape index (κ3) is 4.26. The van der Waals surface area contributed by atoms with E-state index in [0.29, 0.717) is 12.1 Å². The van der Waals surface area contributed by atoms with Crippen LogP contribution < -0.4 is 4.72 Å². The summed E-state index contributed by atoms with van der Waals surface area (Å²) in [6.07, 6.45) is -3.60. The normalized spacial score (nSPS) is 12.8. The predicted octanol–water partition coefficient (Wildman–Crippen LogP) is 2.91. The van der Waals surface area contributed by atoms with Crippen molar-refractivity contribution in [1.82, 2.24) is 0 Å². The molecule has 2 aromatic rings. The van der Waals surface area contributed by atoms with Crippen LogP contribution >= 0.6 is 0 Å².